The molecule has 5 nitrogen and oxygen atoms in total. The molecule has 0 radical (unpaired) electrons. The Labute approximate surface area is 119 Å². The van der Waals surface area contributed by atoms with E-state index in [9.17, 15) is 9.59 Å². The molecule has 5 heteroatoms. The molecule has 0 aliphatic rings. The van der Waals surface area contributed by atoms with E-state index >= 15 is 0 Å². The molecule has 0 fully saturated rings. The van der Waals surface area contributed by atoms with Gasteiger partial charge in [0.2, 0.25) is 0 Å². The van der Waals surface area contributed by atoms with E-state index < -0.39 is 11.5 Å². The van der Waals surface area contributed by atoms with Crippen LogP contribution in [0.2, 0.25) is 0 Å². The van der Waals surface area contributed by atoms with Crippen LogP contribution in [0.4, 0.5) is 4.79 Å². The lowest BCUT2D eigenvalue weighted by Gasteiger charge is -2.34. The number of likely N-dealkylation sites (N-methyl/N-ethyl adjacent to an activating group) is 1. The zero-order valence-electron chi connectivity index (χ0n) is 12.7. The molecule has 1 rings (SSSR count). The Bertz CT molecular complexity index is 512. The highest BCUT2D eigenvalue weighted by Crippen LogP contribution is 2.16. The number of carboxylic acid groups (broad SMARTS) is 1. The third-order valence-electron chi connectivity index (χ3n) is 3.48. The van der Waals surface area contributed by atoms with Crippen LogP contribution in [0.5, 0.6) is 0 Å². The number of aliphatic carboxylic acids is 1. The molecule has 20 heavy (non-hydrogen) atoms. The van der Waals surface area contributed by atoms with Gasteiger partial charge in [-0.3, -0.25) is 0 Å². The lowest BCUT2D eigenvalue weighted by Crippen LogP contribution is -2.54. The van der Waals surface area contributed by atoms with Gasteiger partial charge in [-0.1, -0.05) is 29.8 Å². The number of nitrogens with zero attached hydrogens (tertiary/aromatic N) is 2. The van der Waals surface area contributed by atoms with Crippen molar-refractivity contribution in [2.45, 2.75) is 32.9 Å². The number of hydrogen-bond acceptors (Lipinski definition) is 2. The van der Waals surface area contributed by atoms with Crippen LogP contribution in [0, 0.1) is 6.92 Å². The van der Waals surface area contributed by atoms with Crippen LogP contribution in [-0.4, -0.2) is 46.5 Å². The normalized spacial score (nSPS) is 11.1. The zero-order chi connectivity index (χ0) is 15.5. The van der Waals surface area contributed by atoms with E-state index in [2.05, 4.69) is 0 Å². The molecule has 0 aromatic heterocycles. The first kappa shape index (κ1) is 16.0. The fraction of sp³-hybridized carbons (Fsp3) is 0.467. The van der Waals surface area contributed by atoms with Gasteiger partial charge in [0.1, 0.15) is 5.54 Å². The summed E-state index contributed by atoms with van der Waals surface area (Å²) < 4.78 is 0. The Kier molecular flexibility index (Phi) is 4.76. The molecule has 110 valence electrons. The predicted molar refractivity (Wildman–Crippen MR) is 77.5 cm³/mol. The summed E-state index contributed by atoms with van der Waals surface area (Å²) >= 11 is 0. The van der Waals surface area contributed by atoms with Gasteiger partial charge in [0, 0.05) is 20.6 Å². The van der Waals surface area contributed by atoms with Crippen molar-refractivity contribution in [1.29, 1.82) is 0 Å². The molecule has 1 aromatic carbocycles. The van der Waals surface area contributed by atoms with Gasteiger partial charge in [0.25, 0.3) is 0 Å². The maximum atomic E-state index is 12.3. The average molecular weight is 278 g/mol. The largest absolute Gasteiger partial charge is 0.480 e. The number of urea groups is 1. The molecule has 0 bridgehead atoms. The number of hydrogen-bond donors (Lipinski definition) is 1. The summed E-state index contributed by atoms with van der Waals surface area (Å²) in [5.74, 6) is -1.03. The second-order valence-electron chi connectivity index (χ2n) is 5.55. The second kappa shape index (κ2) is 5.94. The first-order valence-corrected chi connectivity index (χ1v) is 6.44. The first-order valence-electron chi connectivity index (χ1n) is 6.44. The van der Waals surface area contributed by atoms with Crippen LogP contribution in [0.1, 0.15) is 25.0 Å². The van der Waals surface area contributed by atoms with Crippen molar-refractivity contribution in [3.63, 3.8) is 0 Å². The summed E-state index contributed by atoms with van der Waals surface area (Å²) in [5, 5.41) is 9.16. The Morgan fingerprint density at radius 1 is 1.25 bits per heavy atom. The Hall–Kier alpha value is -2.04. The molecule has 1 N–H and O–H groups in total. The number of benzene rings is 1. The minimum Gasteiger partial charge on any atom is -0.480 e. The van der Waals surface area contributed by atoms with Crippen molar-refractivity contribution in [1.82, 2.24) is 9.80 Å². The molecule has 0 atom stereocenters. The van der Waals surface area contributed by atoms with Gasteiger partial charge in [-0.05, 0) is 26.3 Å². The minimum absolute atomic E-state index is 0.320. The molecule has 0 unspecified atom stereocenters. The summed E-state index contributed by atoms with van der Waals surface area (Å²) in [5.41, 5.74) is 0.905. The van der Waals surface area contributed by atoms with Crippen LogP contribution in [0.25, 0.3) is 0 Å². The topological polar surface area (TPSA) is 60.9 Å². The molecule has 1 aromatic rings. The molecule has 0 aliphatic carbocycles. The SMILES string of the molecule is Cc1cccc(CN(C)C(=O)N(C)C(C)(C)C(=O)O)c1. The zero-order valence-corrected chi connectivity index (χ0v) is 12.7. The molecule has 0 spiro atoms. The van der Waals surface area contributed by atoms with Crippen LogP contribution in [-0.2, 0) is 11.3 Å². The lowest BCUT2D eigenvalue weighted by atomic mass is 10.0. The molecule has 0 saturated heterocycles. The minimum atomic E-state index is -1.24. The van der Waals surface area contributed by atoms with Crippen LogP contribution in [0.15, 0.2) is 24.3 Å². The van der Waals surface area contributed by atoms with Gasteiger partial charge >= 0.3 is 12.0 Å². The fourth-order valence-corrected chi connectivity index (χ4v) is 1.79. The highest BCUT2D eigenvalue weighted by atomic mass is 16.4. The predicted octanol–water partition coefficient (Wildman–Crippen LogP) is 2.34. The van der Waals surface area contributed by atoms with Gasteiger partial charge in [-0.15, -0.1) is 0 Å². The molecular formula is C15H22N2O3. The smallest absolute Gasteiger partial charge is 0.329 e. The molecule has 0 aliphatic heterocycles. The van der Waals surface area contributed by atoms with E-state index in [4.69, 9.17) is 5.11 Å². The standard InChI is InChI=1S/C15H22N2O3/c1-11-7-6-8-12(9-11)10-16(4)14(20)17(5)15(2,3)13(18)19/h6-9H,10H2,1-5H3,(H,18,19). The van der Waals surface area contributed by atoms with Crippen molar-refractivity contribution >= 4 is 12.0 Å². The molecule has 2 amide bonds. The highest BCUT2D eigenvalue weighted by Gasteiger charge is 2.36. The Morgan fingerprint density at radius 2 is 1.85 bits per heavy atom. The summed E-state index contributed by atoms with van der Waals surface area (Å²) in [4.78, 5) is 26.2. The van der Waals surface area contributed by atoms with Crippen molar-refractivity contribution in [2.75, 3.05) is 14.1 Å². The monoisotopic (exact) mass is 278 g/mol. The molecular weight excluding hydrogens is 256 g/mol. The first-order chi connectivity index (χ1) is 9.16. The van der Waals surface area contributed by atoms with Crippen LogP contribution >= 0.6 is 0 Å². The second-order valence-corrected chi connectivity index (χ2v) is 5.55. The van der Waals surface area contributed by atoms with Crippen molar-refractivity contribution in [3.05, 3.63) is 35.4 Å². The van der Waals surface area contributed by atoms with Gasteiger partial charge < -0.3 is 14.9 Å². The number of carbonyl (C=O) groups excluding carboxylic acids is 1. The average Bonchev–Trinajstić information content (AvgIpc) is 2.36. The van der Waals surface area contributed by atoms with Gasteiger partial charge in [-0.2, -0.15) is 0 Å². The van der Waals surface area contributed by atoms with Gasteiger partial charge in [0.05, 0.1) is 0 Å². The number of aryl methyl sites for hydroxylation is 1. The van der Waals surface area contributed by atoms with E-state index in [1.807, 2.05) is 31.2 Å². The van der Waals surface area contributed by atoms with E-state index in [1.54, 1.807) is 7.05 Å². The third-order valence-corrected chi connectivity index (χ3v) is 3.48. The summed E-state index contributed by atoms with van der Waals surface area (Å²) in [6, 6.07) is 7.56. The van der Waals surface area contributed by atoms with Crippen LogP contribution in [0.3, 0.4) is 0 Å². The maximum Gasteiger partial charge on any atom is 0.329 e. The summed E-state index contributed by atoms with van der Waals surface area (Å²) in [6.07, 6.45) is 0. The van der Waals surface area contributed by atoms with Crippen molar-refractivity contribution in [2.24, 2.45) is 0 Å². The van der Waals surface area contributed by atoms with E-state index in [1.165, 1.54) is 30.7 Å². The number of rotatable bonds is 4. The lowest BCUT2D eigenvalue weighted by molar-refractivity contribution is -0.147. The summed E-state index contributed by atoms with van der Waals surface area (Å²) in [7, 11) is 3.17. The quantitative estimate of drug-likeness (QED) is 0.919. The number of amides is 2. The van der Waals surface area contributed by atoms with E-state index in [-0.39, 0.29) is 6.03 Å². The van der Waals surface area contributed by atoms with Crippen LogP contribution < -0.4 is 0 Å². The Morgan fingerprint density at radius 3 is 2.35 bits per heavy atom. The molecule has 0 heterocycles. The van der Waals surface area contributed by atoms with E-state index in [0.29, 0.717) is 6.54 Å². The third kappa shape index (κ3) is 3.50. The van der Waals surface area contributed by atoms with Crippen molar-refractivity contribution in [3.8, 4) is 0 Å². The maximum absolute atomic E-state index is 12.3. The van der Waals surface area contributed by atoms with Gasteiger partial charge in [-0.25, -0.2) is 9.59 Å². The van der Waals surface area contributed by atoms with E-state index in [0.717, 1.165) is 11.1 Å². The fourth-order valence-electron chi connectivity index (χ4n) is 1.79. The Balaban J connectivity index is 2.79. The summed E-state index contributed by atoms with van der Waals surface area (Å²) in [6.45, 7) is 5.45. The highest BCUT2D eigenvalue weighted by molar-refractivity contribution is 5.85. The van der Waals surface area contributed by atoms with Crippen molar-refractivity contribution < 1.29 is 14.7 Å². The van der Waals surface area contributed by atoms with Gasteiger partial charge in [0.15, 0.2) is 0 Å². The number of carbonyl (C=O) groups is 2. The number of carboxylic acids is 1. The molecule has 0 saturated carbocycles.